The average Bonchev–Trinajstić information content (AvgIpc) is 1.97. The fraction of sp³-hybridized carbons (Fsp3) is 0. The number of rotatable bonds is 1. The Morgan fingerprint density at radius 2 is 2.18 bits per heavy atom. The normalized spacial score (nSPS) is 9.73. The van der Waals surface area contributed by atoms with Crippen LogP contribution in [0.5, 0.6) is 0 Å². The predicted molar refractivity (Wildman–Crippen MR) is 57.3 cm³/mol. The van der Waals surface area contributed by atoms with E-state index in [1.54, 1.807) is 12.1 Å². The summed E-state index contributed by atoms with van der Waals surface area (Å²) in [5, 5.41) is 0.625. The lowest BCUT2D eigenvalue weighted by molar-refractivity contribution is 0.112. The summed E-state index contributed by atoms with van der Waals surface area (Å²) in [6.07, 6.45) is 0.808. The average molecular weight is 345 g/mol. The number of benzene rings is 1. The largest absolute Gasteiger partial charge is 0.298 e. The third-order valence-corrected chi connectivity index (χ3v) is 3.30. The molecular weight excluding hydrogens is 342 g/mol. The van der Waals surface area contributed by atoms with Crippen molar-refractivity contribution < 1.29 is 4.79 Å². The van der Waals surface area contributed by atoms with E-state index in [0.29, 0.717) is 10.6 Å². The van der Waals surface area contributed by atoms with Crippen LogP contribution >= 0.6 is 50.1 Å². The molecule has 1 aromatic carbocycles. The number of aldehydes is 1. The van der Waals surface area contributed by atoms with Crippen molar-refractivity contribution in [1.29, 1.82) is 0 Å². The lowest BCUT2D eigenvalue weighted by atomic mass is 10.2. The number of carbonyl (C=O) groups is 1. The highest BCUT2D eigenvalue weighted by molar-refractivity contribution is 14.1. The maximum atomic E-state index is 10.4. The first kappa shape index (κ1) is 9.48. The molecule has 0 spiro atoms. The first-order chi connectivity index (χ1) is 5.15. The Bertz CT molecular complexity index is 301. The fourth-order valence-electron chi connectivity index (χ4n) is 0.628. The van der Waals surface area contributed by atoms with Gasteiger partial charge in [-0.1, -0.05) is 11.6 Å². The van der Waals surface area contributed by atoms with E-state index in [1.807, 2.05) is 0 Å². The highest BCUT2D eigenvalue weighted by Gasteiger charge is 2.02. The summed E-state index contributed by atoms with van der Waals surface area (Å²) in [6.45, 7) is 0. The predicted octanol–water partition coefficient (Wildman–Crippen LogP) is 3.52. The van der Waals surface area contributed by atoms with Gasteiger partial charge in [-0.25, -0.2) is 0 Å². The molecule has 0 aliphatic heterocycles. The second-order valence-corrected chi connectivity index (χ2v) is 4.33. The standard InChI is InChI=1S/C7H3BrClIO/c8-5-1-4(3-11)7(10)2-6(5)9/h1-3H. The van der Waals surface area contributed by atoms with E-state index in [9.17, 15) is 4.79 Å². The maximum absolute atomic E-state index is 10.4. The summed E-state index contributed by atoms with van der Waals surface area (Å²) in [4.78, 5) is 10.4. The van der Waals surface area contributed by atoms with Crippen molar-refractivity contribution in [3.63, 3.8) is 0 Å². The second kappa shape index (κ2) is 3.87. The van der Waals surface area contributed by atoms with Gasteiger partial charge >= 0.3 is 0 Å². The van der Waals surface area contributed by atoms with E-state index >= 15 is 0 Å². The Labute approximate surface area is 91.4 Å². The molecular formula is C7H3BrClIO. The van der Waals surface area contributed by atoms with Gasteiger partial charge in [0.2, 0.25) is 0 Å². The van der Waals surface area contributed by atoms with Gasteiger partial charge in [0.15, 0.2) is 6.29 Å². The van der Waals surface area contributed by atoms with Crippen LogP contribution in [0.25, 0.3) is 0 Å². The zero-order chi connectivity index (χ0) is 8.43. The molecule has 58 valence electrons. The number of carbonyl (C=O) groups excluding carboxylic acids is 1. The topological polar surface area (TPSA) is 17.1 Å². The van der Waals surface area contributed by atoms with Crippen LogP contribution in [-0.4, -0.2) is 6.29 Å². The number of hydrogen-bond acceptors (Lipinski definition) is 1. The molecule has 0 N–H and O–H groups in total. The van der Waals surface area contributed by atoms with Crippen LogP contribution in [0, 0.1) is 3.57 Å². The van der Waals surface area contributed by atoms with Gasteiger partial charge < -0.3 is 0 Å². The van der Waals surface area contributed by atoms with Crippen LogP contribution in [0.3, 0.4) is 0 Å². The molecule has 0 atom stereocenters. The van der Waals surface area contributed by atoms with Gasteiger partial charge in [0.25, 0.3) is 0 Å². The summed E-state index contributed by atoms with van der Waals surface area (Å²) in [5.41, 5.74) is 0.655. The van der Waals surface area contributed by atoms with E-state index in [0.717, 1.165) is 14.3 Å². The van der Waals surface area contributed by atoms with Gasteiger partial charge in [0, 0.05) is 13.6 Å². The van der Waals surface area contributed by atoms with E-state index in [2.05, 4.69) is 38.5 Å². The van der Waals surface area contributed by atoms with Crippen molar-refractivity contribution in [3.05, 3.63) is 30.8 Å². The Hall–Kier alpha value is 0.390. The fourth-order valence-corrected chi connectivity index (χ4v) is 1.93. The second-order valence-electron chi connectivity index (χ2n) is 1.91. The smallest absolute Gasteiger partial charge is 0.151 e. The van der Waals surface area contributed by atoms with E-state index in [-0.39, 0.29) is 0 Å². The maximum Gasteiger partial charge on any atom is 0.151 e. The molecule has 11 heavy (non-hydrogen) atoms. The van der Waals surface area contributed by atoms with E-state index in [1.165, 1.54) is 0 Å². The molecule has 0 saturated carbocycles. The van der Waals surface area contributed by atoms with Gasteiger partial charge in [-0.2, -0.15) is 0 Å². The van der Waals surface area contributed by atoms with Crippen molar-refractivity contribution in [2.75, 3.05) is 0 Å². The van der Waals surface area contributed by atoms with Crippen molar-refractivity contribution >= 4 is 56.4 Å². The monoisotopic (exact) mass is 344 g/mol. The summed E-state index contributed by atoms with van der Waals surface area (Å²) >= 11 is 11.1. The van der Waals surface area contributed by atoms with Crippen LogP contribution in [0.15, 0.2) is 16.6 Å². The number of hydrogen-bond donors (Lipinski definition) is 0. The van der Waals surface area contributed by atoms with Crippen molar-refractivity contribution in [2.24, 2.45) is 0 Å². The minimum Gasteiger partial charge on any atom is -0.298 e. The molecule has 1 aromatic rings. The molecule has 0 radical (unpaired) electrons. The molecule has 1 rings (SSSR count). The Morgan fingerprint density at radius 1 is 1.55 bits per heavy atom. The quantitative estimate of drug-likeness (QED) is 0.432. The Morgan fingerprint density at radius 3 is 2.73 bits per heavy atom. The third-order valence-electron chi connectivity index (χ3n) is 1.17. The lowest BCUT2D eigenvalue weighted by Gasteiger charge is -1.99. The van der Waals surface area contributed by atoms with Gasteiger partial charge in [0.1, 0.15) is 0 Å². The molecule has 0 unspecified atom stereocenters. The zero-order valence-corrected chi connectivity index (χ0v) is 9.77. The molecule has 0 aliphatic carbocycles. The van der Waals surface area contributed by atoms with Gasteiger partial charge in [-0.05, 0) is 50.7 Å². The Kier molecular flexibility index (Phi) is 3.33. The van der Waals surface area contributed by atoms with Crippen molar-refractivity contribution in [3.8, 4) is 0 Å². The minimum absolute atomic E-state index is 0.625. The number of halogens is 3. The van der Waals surface area contributed by atoms with E-state index in [4.69, 9.17) is 11.6 Å². The highest BCUT2D eigenvalue weighted by atomic mass is 127. The molecule has 0 fully saturated rings. The summed E-state index contributed by atoms with van der Waals surface area (Å²) in [5.74, 6) is 0. The van der Waals surface area contributed by atoms with Crippen LogP contribution in [0.4, 0.5) is 0 Å². The summed E-state index contributed by atoms with van der Waals surface area (Å²) < 4.78 is 1.62. The van der Waals surface area contributed by atoms with Crippen LogP contribution in [-0.2, 0) is 0 Å². The van der Waals surface area contributed by atoms with Gasteiger partial charge in [-0.15, -0.1) is 0 Å². The van der Waals surface area contributed by atoms with Gasteiger partial charge in [-0.3, -0.25) is 4.79 Å². The Balaban J connectivity index is 3.31. The first-order valence-electron chi connectivity index (χ1n) is 2.75. The lowest BCUT2D eigenvalue weighted by Crippen LogP contribution is -1.85. The molecule has 4 heteroatoms. The zero-order valence-electron chi connectivity index (χ0n) is 5.27. The third kappa shape index (κ3) is 2.16. The molecule has 0 bridgehead atoms. The minimum atomic E-state index is 0.625. The van der Waals surface area contributed by atoms with Crippen LogP contribution in [0.1, 0.15) is 10.4 Å². The molecule has 0 heterocycles. The van der Waals surface area contributed by atoms with E-state index < -0.39 is 0 Å². The molecule has 0 aromatic heterocycles. The highest BCUT2D eigenvalue weighted by Crippen LogP contribution is 2.26. The molecule has 0 aliphatic rings. The summed E-state index contributed by atoms with van der Waals surface area (Å²) in [6, 6.07) is 3.45. The van der Waals surface area contributed by atoms with Crippen molar-refractivity contribution in [2.45, 2.75) is 0 Å². The van der Waals surface area contributed by atoms with Gasteiger partial charge in [0.05, 0.1) is 5.02 Å². The van der Waals surface area contributed by atoms with Crippen LogP contribution in [0.2, 0.25) is 5.02 Å². The SMILES string of the molecule is O=Cc1cc(Br)c(Cl)cc1I. The molecule has 1 nitrogen and oxygen atoms in total. The van der Waals surface area contributed by atoms with Crippen molar-refractivity contribution in [1.82, 2.24) is 0 Å². The van der Waals surface area contributed by atoms with Crippen LogP contribution < -0.4 is 0 Å². The first-order valence-corrected chi connectivity index (χ1v) is 5.00. The summed E-state index contributed by atoms with van der Waals surface area (Å²) in [7, 11) is 0. The molecule has 0 amide bonds. The molecule has 0 saturated heterocycles.